The smallest absolute Gasteiger partial charge is 0.333 e. The molecule has 1 aliphatic heterocycles. The van der Waals surface area contributed by atoms with E-state index in [0.29, 0.717) is 16.7 Å². The van der Waals surface area contributed by atoms with Gasteiger partial charge < -0.3 is 19.9 Å². The Labute approximate surface area is 191 Å². The molecule has 0 aliphatic carbocycles. The molecule has 1 atom stereocenters. The van der Waals surface area contributed by atoms with Gasteiger partial charge in [0.05, 0.1) is 17.2 Å². The van der Waals surface area contributed by atoms with Crippen LogP contribution in [0, 0.1) is 0 Å². The number of nitrogens with zero attached hydrogens (tertiary/aromatic N) is 4. The van der Waals surface area contributed by atoms with Crippen molar-refractivity contribution in [2.75, 3.05) is 34.3 Å². The second kappa shape index (κ2) is 10.3. The van der Waals surface area contributed by atoms with E-state index in [1.807, 2.05) is 0 Å². The molecule has 166 valence electrons. The summed E-state index contributed by atoms with van der Waals surface area (Å²) < 4.78 is 4.92. The Morgan fingerprint density at radius 2 is 1.84 bits per heavy atom. The molecule has 2 aromatic rings. The first-order valence-corrected chi connectivity index (χ1v) is 10.6. The Hall–Kier alpha value is -2.42. The minimum Gasteiger partial charge on any atom is -0.467 e. The molecule has 1 aliphatic rings. The minimum atomic E-state index is -1.10. The highest BCUT2D eigenvalue weighted by atomic mass is 35.5. The number of aromatic nitrogens is 2. The molecular weight excluding hydrogens is 441 g/mol. The Morgan fingerprint density at radius 1 is 1.19 bits per heavy atom. The number of nitrogens with one attached hydrogen (secondary N) is 1. The third-order valence-electron chi connectivity index (χ3n) is 5.56. The van der Waals surface area contributed by atoms with Crippen LogP contribution in [0.25, 0.3) is 11.1 Å². The van der Waals surface area contributed by atoms with Crippen LogP contribution < -0.4 is 5.32 Å². The van der Waals surface area contributed by atoms with Crippen LogP contribution in [0.5, 0.6) is 0 Å². The molecule has 1 fully saturated rings. The van der Waals surface area contributed by atoms with E-state index in [4.69, 9.17) is 27.9 Å². The Balaban J connectivity index is 1.85. The van der Waals surface area contributed by atoms with Crippen LogP contribution in [0.3, 0.4) is 0 Å². The number of hydrogen-bond donors (Lipinski definition) is 1. The van der Waals surface area contributed by atoms with Crippen LogP contribution in [-0.4, -0.2) is 72.1 Å². The van der Waals surface area contributed by atoms with Crippen molar-refractivity contribution in [2.45, 2.75) is 24.9 Å². The Morgan fingerprint density at radius 3 is 2.45 bits per heavy atom. The first-order chi connectivity index (χ1) is 14.8. The molecular formula is C21H25Cl2N5O3. The van der Waals surface area contributed by atoms with Crippen molar-refractivity contribution in [3.8, 4) is 11.1 Å². The molecule has 0 bridgehead atoms. The lowest BCUT2D eigenvalue weighted by Crippen LogP contribution is -2.49. The maximum absolute atomic E-state index is 12.9. The number of ether oxygens (including phenoxy) is 1. The standard InChI is InChI=1S/C21H25Cl2N5O3/c1-27-8-6-14(7-9-27)28(2)21(30)26-19(20(29)31-3)16-5-4-15(17(22)18(16)23)13-10-24-12-25-11-13/h4-5,10-12,14,19H,6-9H2,1-3H3,(H,26,30). The molecule has 2 heterocycles. The van der Waals surface area contributed by atoms with Crippen LogP contribution >= 0.6 is 23.2 Å². The molecule has 1 aromatic carbocycles. The molecule has 2 amide bonds. The number of halogens is 2. The number of urea groups is 1. The van der Waals surface area contributed by atoms with E-state index in [-0.39, 0.29) is 22.1 Å². The average molecular weight is 466 g/mol. The van der Waals surface area contributed by atoms with Crippen molar-refractivity contribution in [1.82, 2.24) is 25.1 Å². The van der Waals surface area contributed by atoms with E-state index < -0.39 is 12.0 Å². The summed E-state index contributed by atoms with van der Waals surface area (Å²) in [7, 11) is 5.04. The molecule has 1 unspecified atom stereocenters. The van der Waals surface area contributed by atoms with Crippen LogP contribution in [0.15, 0.2) is 30.9 Å². The predicted molar refractivity (Wildman–Crippen MR) is 119 cm³/mol. The van der Waals surface area contributed by atoms with Crippen molar-refractivity contribution in [2.24, 2.45) is 0 Å². The van der Waals surface area contributed by atoms with Gasteiger partial charge in [-0.15, -0.1) is 0 Å². The highest BCUT2D eigenvalue weighted by Gasteiger charge is 2.31. The number of carbonyl (C=O) groups excluding carboxylic acids is 2. The maximum atomic E-state index is 12.9. The lowest BCUT2D eigenvalue weighted by Gasteiger charge is -2.35. The van der Waals surface area contributed by atoms with Gasteiger partial charge in [0.1, 0.15) is 6.33 Å². The van der Waals surface area contributed by atoms with Gasteiger partial charge in [-0.2, -0.15) is 0 Å². The minimum absolute atomic E-state index is 0.0917. The number of carbonyl (C=O) groups is 2. The highest BCUT2D eigenvalue weighted by Crippen LogP contribution is 2.38. The fraction of sp³-hybridized carbons (Fsp3) is 0.429. The number of likely N-dealkylation sites (tertiary alicyclic amines) is 1. The van der Waals surface area contributed by atoms with E-state index in [2.05, 4.69) is 27.2 Å². The molecule has 8 nitrogen and oxygen atoms in total. The van der Waals surface area contributed by atoms with Gasteiger partial charge in [-0.3, -0.25) is 0 Å². The first-order valence-electron chi connectivity index (χ1n) is 9.86. The zero-order valence-electron chi connectivity index (χ0n) is 17.6. The summed E-state index contributed by atoms with van der Waals surface area (Å²) in [6, 6.07) is 1.97. The molecule has 10 heteroatoms. The SMILES string of the molecule is COC(=O)C(NC(=O)N(C)C1CCN(C)CC1)c1ccc(-c2cncnc2)c(Cl)c1Cl. The van der Waals surface area contributed by atoms with Gasteiger partial charge in [0.2, 0.25) is 0 Å². The van der Waals surface area contributed by atoms with Crippen LogP contribution in [0.4, 0.5) is 4.79 Å². The van der Waals surface area contributed by atoms with Crippen molar-refractivity contribution >= 4 is 35.2 Å². The number of piperidine rings is 1. The lowest BCUT2D eigenvalue weighted by atomic mass is 10.0. The summed E-state index contributed by atoms with van der Waals surface area (Å²) in [4.78, 5) is 37.3. The maximum Gasteiger partial charge on any atom is 0.333 e. The zero-order chi connectivity index (χ0) is 22.5. The Bertz CT molecular complexity index is 936. The third kappa shape index (κ3) is 5.26. The molecule has 1 aromatic heterocycles. The van der Waals surface area contributed by atoms with Gasteiger partial charge in [0.15, 0.2) is 6.04 Å². The summed E-state index contributed by atoms with van der Waals surface area (Å²) in [6.45, 7) is 1.82. The summed E-state index contributed by atoms with van der Waals surface area (Å²) in [5.74, 6) is -0.640. The van der Waals surface area contributed by atoms with Crippen molar-refractivity contribution < 1.29 is 14.3 Å². The zero-order valence-corrected chi connectivity index (χ0v) is 19.2. The number of benzene rings is 1. The fourth-order valence-electron chi connectivity index (χ4n) is 3.60. The largest absolute Gasteiger partial charge is 0.467 e. The normalized spacial score (nSPS) is 15.9. The van der Waals surface area contributed by atoms with Gasteiger partial charge >= 0.3 is 12.0 Å². The summed E-state index contributed by atoms with van der Waals surface area (Å²) >= 11 is 13.0. The molecule has 0 radical (unpaired) electrons. The fourth-order valence-corrected chi connectivity index (χ4v) is 4.16. The van der Waals surface area contributed by atoms with E-state index in [1.54, 1.807) is 36.5 Å². The average Bonchev–Trinajstić information content (AvgIpc) is 2.79. The van der Waals surface area contributed by atoms with E-state index in [1.165, 1.54) is 13.4 Å². The third-order valence-corrected chi connectivity index (χ3v) is 6.45. The van der Waals surface area contributed by atoms with Gasteiger partial charge in [-0.1, -0.05) is 35.3 Å². The number of methoxy groups -OCH3 is 1. The monoisotopic (exact) mass is 465 g/mol. The first kappa shape index (κ1) is 23.2. The molecule has 31 heavy (non-hydrogen) atoms. The van der Waals surface area contributed by atoms with Gasteiger partial charge in [0, 0.05) is 42.2 Å². The molecule has 0 saturated carbocycles. The number of amides is 2. The van der Waals surface area contributed by atoms with Crippen LogP contribution in [0.1, 0.15) is 24.4 Å². The summed E-state index contributed by atoms with van der Waals surface area (Å²) in [5, 5.41) is 3.14. The van der Waals surface area contributed by atoms with Crippen molar-refractivity contribution in [3.05, 3.63) is 46.5 Å². The number of rotatable bonds is 5. The summed E-state index contributed by atoms with van der Waals surface area (Å²) in [6.07, 6.45) is 6.37. The van der Waals surface area contributed by atoms with Gasteiger partial charge in [-0.05, 0) is 33.0 Å². The number of esters is 1. The van der Waals surface area contributed by atoms with Crippen LogP contribution in [-0.2, 0) is 9.53 Å². The quantitative estimate of drug-likeness (QED) is 0.680. The summed E-state index contributed by atoms with van der Waals surface area (Å²) in [5.41, 5.74) is 1.65. The van der Waals surface area contributed by atoms with E-state index in [9.17, 15) is 9.59 Å². The van der Waals surface area contributed by atoms with Gasteiger partial charge in [0.25, 0.3) is 0 Å². The second-order valence-electron chi connectivity index (χ2n) is 7.51. The van der Waals surface area contributed by atoms with Crippen LogP contribution in [0.2, 0.25) is 10.0 Å². The second-order valence-corrected chi connectivity index (χ2v) is 8.26. The molecule has 3 rings (SSSR count). The molecule has 1 N–H and O–H groups in total. The Kier molecular flexibility index (Phi) is 7.69. The van der Waals surface area contributed by atoms with E-state index in [0.717, 1.165) is 25.9 Å². The van der Waals surface area contributed by atoms with Crippen molar-refractivity contribution in [1.29, 1.82) is 0 Å². The van der Waals surface area contributed by atoms with Gasteiger partial charge in [-0.25, -0.2) is 19.6 Å². The molecule has 1 saturated heterocycles. The predicted octanol–water partition coefficient (Wildman–Crippen LogP) is 3.40. The lowest BCUT2D eigenvalue weighted by molar-refractivity contribution is -0.143. The highest BCUT2D eigenvalue weighted by molar-refractivity contribution is 6.44. The molecule has 0 spiro atoms. The van der Waals surface area contributed by atoms with Crippen molar-refractivity contribution in [3.63, 3.8) is 0 Å². The van der Waals surface area contributed by atoms with E-state index >= 15 is 0 Å². The topological polar surface area (TPSA) is 87.7 Å². The number of hydrogen-bond acceptors (Lipinski definition) is 6.